The molecule has 0 saturated carbocycles. The Morgan fingerprint density at radius 3 is 2.82 bits per heavy atom. The minimum Gasteiger partial charge on any atom is -0.483 e. The fraction of sp³-hybridized carbons (Fsp3) is 0.400. The second-order valence-corrected chi connectivity index (χ2v) is 5.75. The molecule has 1 aliphatic rings. The monoisotopic (exact) mass is 262 g/mol. The summed E-state index contributed by atoms with van der Waals surface area (Å²) in [6.45, 7) is -0.261. The Morgan fingerprint density at radius 1 is 1.53 bits per heavy atom. The molecule has 0 bridgehead atoms. The lowest BCUT2D eigenvalue weighted by Crippen LogP contribution is -2.32. The summed E-state index contributed by atoms with van der Waals surface area (Å²) in [7, 11) is -3.52. The van der Waals surface area contributed by atoms with Crippen molar-refractivity contribution < 1.29 is 27.4 Å². The first-order valence-electron chi connectivity index (χ1n) is 4.85. The van der Waals surface area contributed by atoms with Gasteiger partial charge in [0, 0.05) is 12.3 Å². The van der Waals surface area contributed by atoms with Crippen LogP contribution in [0.1, 0.15) is 0 Å². The molecule has 5 nitrogen and oxygen atoms in total. The predicted octanol–water partition coefficient (Wildman–Crippen LogP) is 0.361. The van der Waals surface area contributed by atoms with E-state index < -0.39 is 21.8 Å². The molecule has 2 rings (SSSR count). The number of halogens is 1. The number of sulfone groups is 1. The van der Waals surface area contributed by atoms with Gasteiger partial charge in [-0.25, -0.2) is 12.8 Å². The lowest BCUT2D eigenvalue weighted by Gasteiger charge is -2.25. The number of hydrogen-bond acceptors (Lipinski definition) is 5. The summed E-state index contributed by atoms with van der Waals surface area (Å²) in [5, 5.41) is 8.90. The van der Waals surface area contributed by atoms with Crippen LogP contribution in [0, 0.1) is 5.82 Å². The summed E-state index contributed by atoms with van der Waals surface area (Å²) < 4.78 is 46.5. The molecule has 0 unspecified atom stereocenters. The quantitative estimate of drug-likeness (QED) is 0.833. The summed E-state index contributed by atoms with van der Waals surface area (Å²) in [4.78, 5) is -0.184. The van der Waals surface area contributed by atoms with Crippen LogP contribution in [0.15, 0.2) is 17.0 Å². The molecule has 1 N–H and O–H groups in total. The average molecular weight is 262 g/mol. The van der Waals surface area contributed by atoms with Gasteiger partial charge in [0.15, 0.2) is 33.3 Å². The molecule has 0 spiro atoms. The smallest absolute Gasteiger partial charge is 0.197 e. The zero-order valence-electron chi connectivity index (χ0n) is 9.01. The van der Waals surface area contributed by atoms with Gasteiger partial charge in [-0.15, -0.1) is 0 Å². The lowest BCUT2D eigenvalue weighted by atomic mass is 10.2. The van der Waals surface area contributed by atoms with Crippen molar-refractivity contribution in [2.24, 2.45) is 0 Å². The van der Waals surface area contributed by atoms with E-state index in [1.807, 2.05) is 0 Å². The van der Waals surface area contributed by atoms with Crippen LogP contribution in [0.2, 0.25) is 0 Å². The van der Waals surface area contributed by atoms with Gasteiger partial charge in [-0.05, 0) is 6.07 Å². The maximum Gasteiger partial charge on any atom is 0.197 e. The Bertz CT molecular complexity index is 540. The highest BCUT2D eigenvalue weighted by Crippen LogP contribution is 2.36. The topological polar surface area (TPSA) is 72.8 Å². The van der Waals surface area contributed by atoms with Gasteiger partial charge < -0.3 is 14.6 Å². The van der Waals surface area contributed by atoms with E-state index in [0.29, 0.717) is 0 Å². The lowest BCUT2D eigenvalue weighted by molar-refractivity contribution is 0.0425. The Hall–Kier alpha value is -1.34. The number of hydrogen-bond donors (Lipinski definition) is 1. The number of benzene rings is 1. The number of fused-ring (bicyclic) bond motifs is 1. The molecule has 1 aromatic carbocycles. The fourth-order valence-corrected chi connectivity index (χ4v) is 2.10. The molecule has 1 aromatic rings. The van der Waals surface area contributed by atoms with Crippen LogP contribution in [-0.2, 0) is 9.84 Å². The SMILES string of the molecule is CS(=O)(=O)c1cc(F)c2c(c1)O[C@@H](CO)CO2. The third-order valence-electron chi connectivity index (χ3n) is 2.32. The molecule has 1 atom stereocenters. The zero-order chi connectivity index (χ0) is 12.6. The molecule has 0 aromatic heterocycles. The Kier molecular flexibility index (Phi) is 2.96. The van der Waals surface area contributed by atoms with E-state index in [2.05, 4.69) is 0 Å². The molecule has 94 valence electrons. The molecule has 1 heterocycles. The minimum atomic E-state index is -3.52. The van der Waals surface area contributed by atoms with Gasteiger partial charge in [0.25, 0.3) is 0 Å². The summed E-state index contributed by atoms with van der Waals surface area (Å²) >= 11 is 0. The summed E-state index contributed by atoms with van der Waals surface area (Å²) in [6, 6.07) is 2.08. The Morgan fingerprint density at radius 2 is 2.24 bits per heavy atom. The van der Waals surface area contributed by atoms with Crippen molar-refractivity contribution in [1.29, 1.82) is 0 Å². The van der Waals surface area contributed by atoms with E-state index in [-0.39, 0.29) is 29.6 Å². The molecule has 0 radical (unpaired) electrons. The van der Waals surface area contributed by atoms with E-state index in [1.54, 1.807) is 0 Å². The van der Waals surface area contributed by atoms with Crippen LogP contribution in [0.4, 0.5) is 4.39 Å². The average Bonchev–Trinajstić information content (AvgIpc) is 2.27. The molecule has 0 amide bonds. The van der Waals surface area contributed by atoms with Crippen molar-refractivity contribution in [2.75, 3.05) is 19.5 Å². The van der Waals surface area contributed by atoms with Crippen LogP contribution in [0.5, 0.6) is 11.5 Å². The van der Waals surface area contributed by atoms with E-state index >= 15 is 0 Å². The second kappa shape index (κ2) is 4.15. The molecule has 1 aliphatic heterocycles. The third-order valence-corrected chi connectivity index (χ3v) is 3.41. The number of aliphatic hydroxyl groups excluding tert-OH is 1. The summed E-state index contributed by atoms with van der Waals surface area (Å²) in [5.41, 5.74) is 0. The maximum atomic E-state index is 13.6. The molecule has 0 saturated heterocycles. The highest BCUT2D eigenvalue weighted by molar-refractivity contribution is 7.90. The molecule has 0 aliphatic carbocycles. The van der Waals surface area contributed by atoms with Crippen LogP contribution >= 0.6 is 0 Å². The third kappa shape index (κ3) is 2.34. The highest BCUT2D eigenvalue weighted by atomic mass is 32.2. The maximum absolute atomic E-state index is 13.6. The summed E-state index contributed by atoms with van der Waals surface area (Å²) in [6.07, 6.45) is 0.359. The van der Waals surface area contributed by atoms with Crippen LogP contribution in [-0.4, -0.2) is 39.1 Å². The molecule has 0 fully saturated rings. The van der Waals surface area contributed by atoms with Gasteiger partial charge in [0.1, 0.15) is 6.61 Å². The number of aliphatic hydroxyl groups is 1. The summed E-state index contributed by atoms with van der Waals surface area (Å²) in [5.74, 6) is -0.919. The number of rotatable bonds is 2. The van der Waals surface area contributed by atoms with Gasteiger partial charge in [0.05, 0.1) is 11.5 Å². The van der Waals surface area contributed by atoms with Crippen LogP contribution in [0.3, 0.4) is 0 Å². The predicted molar refractivity (Wildman–Crippen MR) is 56.5 cm³/mol. The molecule has 17 heavy (non-hydrogen) atoms. The Balaban J connectivity index is 2.49. The fourth-order valence-electron chi connectivity index (χ4n) is 1.47. The van der Waals surface area contributed by atoms with Gasteiger partial charge in [-0.2, -0.15) is 0 Å². The van der Waals surface area contributed by atoms with Gasteiger partial charge >= 0.3 is 0 Å². The first-order chi connectivity index (χ1) is 7.91. The Labute approximate surface area is 97.7 Å². The van der Waals surface area contributed by atoms with Crippen LogP contribution in [0.25, 0.3) is 0 Å². The van der Waals surface area contributed by atoms with Gasteiger partial charge in [-0.3, -0.25) is 0 Å². The van der Waals surface area contributed by atoms with Crippen molar-refractivity contribution in [3.8, 4) is 11.5 Å². The van der Waals surface area contributed by atoms with Crippen molar-refractivity contribution >= 4 is 9.84 Å². The molecule has 7 heteroatoms. The van der Waals surface area contributed by atoms with E-state index in [1.165, 1.54) is 6.07 Å². The first kappa shape index (κ1) is 12.1. The van der Waals surface area contributed by atoms with E-state index in [0.717, 1.165) is 12.3 Å². The molecular weight excluding hydrogens is 251 g/mol. The van der Waals surface area contributed by atoms with Crippen molar-refractivity contribution in [1.82, 2.24) is 0 Å². The standard InChI is InChI=1S/C10H11FO5S/c1-17(13,14)7-2-8(11)10-9(3-7)16-6(4-12)5-15-10/h2-3,6,12H,4-5H2,1H3/t6-/m0/s1. The van der Waals surface area contributed by atoms with Crippen molar-refractivity contribution in [3.63, 3.8) is 0 Å². The van der Waals surface area contributed by atoms with Crippen LogP contribution < -0.4 is 9.47 Å². The largest absolute Gasteiger partial charge is 0.483 e. The van der Waals surface area contributed by atoms with Crippen molar-refractivity contribution in [2.45, 2.75) is 11.0 Å². The zero-order valence-corrected chi connectivity index (χ0v) is 9.83. The minimum absolute atomic E-state index is 0.00396. The van der Waals surface area contributed by atoms with Gasteiger partial charge in [0.2, 0.25) is 0 Å². The van der Waals surface area contributed by atoms with E-state index in [4.69, 9.17) is 14.6 Å². The molecular formula is C10H11FO5S. The van der Waals surface area contributed by atoms with Crippen molar-refractivity contribution in [3.05, 3.63) is 17.9 Å². The highest BCUT2D eigenvalue weighted by Gasteiger charge is 2.25. The normalized spacial score (nSPS) is 19.1. The van der Waals surface area contributed by atoms with E-state index in [9.17, 15) is 12.8 Å². The first-order valence-corrected chi connectivity index (χ1v) is 6.75. The van der Waals surface area contributed by atoms with Gasteiger partial charge in [-0.1, -0.05) is 0 Å². The second-order valence-electron chi connectivity index (χ2n) is 3.74. The number of ether oxygens (including phenoxy) is 2.